The number of aromatic nitrogens is 1. The molecule has 0 aliphatic heterocycles. The van der Waals surface area contributed by atoms with E-state index in [0.29, 0.717) is 33.9 Å². The van der Waals surface area contributed by atoms with E-state index in [1.807, 2.05) is 43.3 Å². The minimum atomic E-state index is -3.49. The lowest BCUT2D eigenvalue weighted by atomic mass is 9.78. The van der Waals surface area contributed by atoms with Crippen molar-refractivity contribution in [3.05, 3.63) is 69.5 Å². The van der Waals surface area contributed by atoms with Gasteiger partial charge in [0, 0.05) is 11.7 Å². The average Bonchev–Trinajstić information content (AvgIpc) is 3.21. The SMILES string of the molecule is CCCOc1c(Cl)cc(C(C)(C)c2ccc(OCc3cnc(S(C)(=O)=O)o3)cc2)cc1Cl. The Labute approximate surface area is 198 Å². The second-order valence-corrected chi connectivity index (χ2v) is 10.6. The van der Waals surface area contributed by atoms with Gasteiger partial charge in [-0.3, -0.25) is 0 Å². The van der Waals surface area contributed by atoms with Crippen LogP contribution in [0.2, 0.25) is 10.0 Å². The molecule has 0 saturated heterocycles. The van der Waals surface area contributed by atoms with Crippen LogP contribution >= 0.6 is 23.2 Å². The van der Waals surface area contributed by atoms with Crippen LogP contribution in [0.5, 0.6) is 11.5 Å². The summed E-state index contributed by atoms with van der Waals surface area (Å²) in [6, 6.07) is 11.4. The highest BCUT2D eigenvalue weighted by molar-refractivity contribution is 7.90. The molecule has 0 amide bonds. The van der Waals surface area contributed by atoms with Crippen molar-refractivity contribution >= 4 is 33.0 Å². The van der Waals surface area contributed by atoms with Gasteiger partial charge in [0.25, 0.3) is 0 Å². The van der Waals surface area contributed by atoms with E-state index >= 15 is 0 Å². The average molecular weight is 498 g/mol. The summed E-state index contributed by atoms with van der Waals surface area (Å²) in [6.45, 7) is 6.80. The molecule has 0 spiro atoms. The van der Waals surface area contributed by atoms with E-state index in [0.717, 1.165) is 23.8 Å². The second-order valence-electron chi connectivity index (χ2n) is 7.92. The maximum atomic E-state index is 11.5. The molecule has 0 aliphatic rings. The summed E-state index contributed by atoms with van der Waals surface area (Å²) in [5.41, 5.74) is 1.63. The molecule has 0 fully saturated rings. The Morgan fingerprint density at radius 3 is 2.19 bits per heavy atom. The summed E-state index contributed by atoms with van der Waals surface area (Å²) in [5, 5.41) is 0.639. The highest BCUT2D eigenvalue weighted by Gasteiger charge is 2.26. The van der Waals surface area contributed by atoms with Crippen molar-refractivity contribution < 1.29 is 22.3 Å². The van der Waals surface area contributed by atoms with Gasteiger partial charge >= 0.3 is 5.22 Å². The van der Waals surface area contributed by atoms with Gasteiger partial charge in [-0.1, -0.05) is 56.1 Å². The van der Waals surface area contributed by atoms with Crippen LogP contribution in [0.15, 0.2) is 52.2 Å². The largest absolute Gasteiger partial charge is 0.490 e. The molecule has 0 bridgehead atoms. The third-order valence-electron chi connectivity index (χ3n) is 4.98. The zero-order valence-corrected chi connectivity index (χ0v) is 20.6. The maximum Gasteiger partial charge on any atom is 0.314 e. The van der Waals surface area contributed by atoms with E-state index in [-0.39, 0.29) is 17.2 Å². The van der Waals surface area contributed by atoms with Crippen molar-refractivity contribution in [1.29, 1.82) is 0 Å². The fourth-order valence-corrected chi connectivity index (χ4v) is 4.18. The lowest BCUT2D eigenvalue weighted by molar-refractivity contribution is 0.256. The minimum Gasteiger partial charge on any atom is -0.490 e. The normalized spacial score (nSPS) is 12.1. The van der Waals surface area contributed by atoms with Crippen molar-refractivity contribution in [2.75, 3.05) is 12.9 Å². The molecule has 1 heterocycles. The van der Waals surface area contributed by atoms with Crippen LogP contribution in [-0.2, 0) is 21.9 Å². The molecule has 172 valence electrons. The molecule has 0 aliphatic carbocycles. The zero-order valence-electron chi connectivity index (χ0n) is 18.3. The number of nitrogens with zero attached hydrogens (tertiary/aromatic N) is 1. The Morgan fingerprint density at radius 1 is 1.03 bits per heavy atom. The number of ether oxygens (including phenoxy) is 2. The molecular formula is C23H25Cl2NO5S. The molecule has 9 heteroatoms. The van der Waals surface area contributed by atoms with Crippen LogP contribution in [-0.4, -0.2) is 26.3 Å². The first kappa shape index (κ1) is 24.4. The van der Waals surface area contributed by atoms with E-state index in [4.69, 9.17) is 37.1 Å². The minimum absolute atomic E-state index is 0.0652. The topological polar surface area (TPSA) is 78.6 Å². The van der Waals surface area contributed by atoms with Crippen LogP contribution in [0.3, 0.4) is 0 Å². The molecule has 2 aromatic carbocycles. The Morgan fingerprint density at radius 2 is 1.66 bits per heavy atom. The van der Waals surface area contributed by atoms with Gasteiger partial charge in [-0.05, 0) is 41.8 Å². The van der Waals surface area contributed by atoms with Gasteiger partial charge in [0.15, 0.2) is 11.5 Å². The lowest BCUT2D eigenvalue weighted by Crippen LogP contribution is -2.19. The first-order valence-corrected chi connectivity index (χ1v) is 12.7. The number of hydrogen-bond acceptors (Lipinski definition) is 6. The van der Waals surface area contributed by atoms with Crippen LogP contribution in [0.1, 0.15) is 44.1 Å². The summed E-state index contributed by atoms with van der Waals surface area (Å²) in [6.07, 6.45) is 3.24. The Kier molecular flexibility index (Phi) is 7.43. The van der Waals surface area contributed by atoms with Crippen molar-refractivity contribution in [2.45, 2.75) is 44.4 Å². The molecule has 1 aromatic heterocycles. The van der Waals surface area contributed by atoms with Crippen LogP contribution in [0, 0.1) is 0 Å². The first-order chi connectivity index (χ1) is 15.0. The molecular weight excluding hydrogens is 473 g/mol. The van der Waals surface area contributed by atoms with Gasteiger partial charge in [-0.25, -0.2) is 13.4 Å². The fraction of sp³-hybridized carbons (Fsp3) is 0.348. The first-order valence-electron chi connectivity index (χ1n) is 10.0. The van der Waals surface area contributed by atoms with Gasteiger partial charge in [0.1, 0.15) is 12.4 Å². The summed E-state index contributed by atoms with van der Waals surface area (Å²) in [4.78, 5) is 3.75. The number of halogens is 2. The standard InChI is InChI=1S/C23H25Cl2NO5S/c1-5-10-29-21-19(24)11-16(12-20(21)25)23(2,3)15-6-8-17(9-7-15)30-14-18-13-26-22(31-18)32(4,27)28/h6-9,11-13H,5,10,14H2,1-4H3. The van der Waals surface area contributed by atoms with E-state index in [2.05, 4.69) is 18.8 Å². The molecule has 0 N–H and O–H groups in total. The molecule has 0 atom stereocenters. The maximum absolute atomic E-state index is 11.5. The second kappa shape index (κ2) is 9.73. The predicted molar refractivity (Wildman–Crippen MR) is 125 cm³/mol. The molecule has 0 saturated carbocycles. The predicted octanol–water partition coefficient (Wildman–Crippen LogP) is 6.08. The van der Waals surface area contributed by atoms with Gasteiger partial charge in [0.05, 0.1) is 22.8 Å². The number of hydrogen-bond donors (Lipinski definition) is 0. The third kappa shape index (κ3) is 5.57. The van der Waals surface area contributed by atoms with Crippen LogP contribution in [0.4, 0.5) is 0 Å². The lowest BCUT2D eigenvalue weighted by Gasteiger charge is -2.27. The molecule has 0 unspecified atom stereocenters. The molecule has 6 nitrogen and oxygen atoms in total. The summed E-state index contributed by atoms with van der Waals surface area (Å²) in [7, 11) is -3.49. The van der Waals surface area contributed by atoms with Gasteiger partial charge in [-0.15, -0.1) is 0 Å². The van der Waals surface area contributed by atoms with Crippen molar-refractivity contribution in [1.82, 2.24) is 4.98 Å². The summed E-state index contributed by atoms with van der Waals surface area (Å²) in [5.74, 6) is 1.44. The van der Waals surface area contributed by atoms with Crippen LogP contribution < -0.4 is 9.47 Å². The number of benzene rings is 2. The quantitative estimate of drug-likeness (QED) is 0.356. The monoisotopic (exact) mass is 497 g/mol. The van der Waals surface area contributed by atoms with E-state index in [1.54, 1.807) is 0 Å². The fourth-order valence-electron chi connectivity index (χ4n) is 3.08. The Balaban J connectivity index is 1.74. The van der Waals surface area contributed by atoms with Gasteiger partial charge in [0.2, 0.25) is 9.84 Å². The number of oxazole rings is 1. The highest BCUT2D eigenvalue weighted by atomic mass is 35.5. The van der Waals surface area contributed by atoms with Crippen molar-refractivity contribution in [3.8, 4) is 11.5 Å². The summed E-state index contributed by atoms with van der Waals surface area (Å²) >= 11 is 12.9. The van der Waals surface area contributed by atoms with Gasteiger partial charge in [-0.2, -0.15) is 0 Å². The molecule has 3 aromatic rings. The third-order valence-corrected chi connectivity index (χ3v) is 6.36. The smallest absolute Gasteiger partial charge is 0.314 e. The summed E-state index contributed by atoms with van der Waals surface area (Å²) < 4.78 is 39.5. The Bertz CT molecular complexity index is 1160. The van der Waals surface area contributed by atoms with E-state index in [1.165, 1.54) is 6.20 Å². The zero-order chi connectivity index (χ0) is 23.5. The van der Waals surface area contributed by atoms with Gasteiger partial charge < -0.3 is 13.9 Å². The van der Waals surface area contributed by atoms with E-state index < -0.39 is 9.84 Å². The molecule has 0 radical (unpaired) electrons. The van der Waals surface area contributed by atoms with Crippen LogP contribution in [0.25, 0.3) is 0 Å². The van der Waals surface area contributed by atoms with E-state index in [9.17, 15) is 8.42 Å². The number of rotatable bonds is 9. The van der Waals surface area contributed by atoms with Crippen molar-refractivity contribution in [3.63, 3.8) is 0 Å². The number of sulfone groups is 1. The van der Waals surface area contributed by atoms with Crippen molar-refractivity contribution in [2.24, 2.45) is 0 Å². The molecule has 3 rings (SSSR count). The Hall–Kier alpha value is -2.22. The highest BCUT2D eigenvalue weighted by Crippen LogP contribution is 2.40. The molecule has 32 heavy (non-hydrogen) atoms.